The third-order valence-corrected chi connectivity index (χ3v) is 4.26. The Labute approximate surface area is 112 Å². The van der Waals surface area contributed by atoms with Crippen LogP contribution in [0.5, 0.6) is 0 Å². The fourth-order valence-corrected chi connectivity index (χ4v) is 2.99. The van der Waals surface area contributed by atoms with Crippen LogP contribution in [-0.2, 0) is 7.05 Å². The fraction of sp³-hybridized carbons (Fsp3) is 0.615. The molecule has 18 heavy (non-hydrogen) atoms. The quantitative estimate of drug-likeness (QED) is 0.626. The molecule has 1 heterocycles. The van der Waals surface area contributed by atoms with Crippen LogP contribution >= 0.6 is 12.2 Å². The number of primary amides is 1. The second-order valence-corrected chi connectivity index (χ2v) is 5.69. The lowest BCUT2D eigenvalue weighted by Crippen LogP contribution is -2.37. The molecule has 1 fully saturated rings. The first kappa shape index (κ1) is 13.2. The zero-order valence-electron chi connectivity index (χ0n) is 10.9. The third kappa shape index (κ3) is 2.61. The molecule has 0 bridgehead atoms. The molecule has 1 saturated carbocycles. The van der Waals surface area contributed by atoms with Gasteiger partial charge in [-0.2, -0.15) is 0 Å². The van der Waals surface area contributed by atoms with E-state index >= 15 is 0 Å². The number of nitrogens with zero attached hydrogens (tertiary/aromatic N) is 2. The number of amides is 1. The molecule has 4 nitrogen and oxygen atoms in total. The van der Waals surface area contributed by atoms with E-state index < -0.39 is 6.03 Å². The number of carbonyl (C=O) groups is 1. The summed E-state index contributed by atoms with van der Waals surface area (Å²) in [7, 11) is 1.86. The molecule has 5 heteroatoms. The first-order valence-electron chi connectivity index (χ1n) is 6.41. The zero-order chi connectivity index (χ0) is 13.3. The van der Waals surface area contributed by atoms with Gasteiger partial charge in [0, 0.05) is 17.8 Å². The number of aryl methyl sites for hydroxylation is 1. The van der Waals surface area contributed by atoms with E-state index in [2.05, 4.69) is 6.92 Å². The Bertz CT molecular complexity index is 523. The highest BCUT2D eigenvalue weighted by molar-refractivity contribution is 7.71. The van der Waals surface area contributed by atoms with Gasteiger partial charge in [-0.3, -0.25) is 0 Å². The zero-order valence-corrected chi connectivity index (χ0v) is 11.7. The van der Waals surface area contributed by atoms with E-state index in [9.17, 15) is 4.79 Å². The SMILES string of the molecule is CC1CCCC(c2cn(C(N)=O)c(=S)[n+](C)c2)C1. The summed E-state index contributed by atoms with van der Waals surface area (Å²) in [6.45, 7) is 2.29. The van der Waals surface area contributed by atoms with E-state index in [4.69, 9.17) is 18.0 Å². The number of hydrogen-bond acceptors (Lipinski definition) is 2. The van der Waals surface area contributed by atoms with Crippen LogP contribution in [0.25, 0.3) is 0 Å². The number of aromatic nitrogens is 2. The predicted octanol–water partition coefficient (Wildman–Crippen LogP) is 2.26. The van der Waals surface area contributed by atoms with Gasteiger partial charge in [0.15, 0.2) is 0 Å². The summed E-state index contributed by atoms with van der Waals surface area (Å²) in [4.78, 5) is 11.4. The number of hydrogen-bond donors (Lipinski definition) is 1. The molecule has 2 unspecified atom stereocenters. The lowest BCUT2D eigenvalue weighted by Gasteiger charge is -2.26. The van der Waals surface area contributed by atoms with Gasteiger partial charge in [0.2, 0.25) is 0 Å². The van der Waals surface area contributed by atoms with Crippen LogP contribution < -0.4 is 10.3 Å². The van der Waals surface area contributed by atoms with Gasteiger partial charge in [-0.15, -0.1) is 4.57 Å². The second kappa shape index (κ2) is 5.18. The van der Waals surface area contributed by atoms with Crippen LogP contribution in [0.4, 0.5) is 4.79 Å². The molecule has 0 radical (unpaired) electrons. The van der Waals surface area contributed by atoms with E-state index in [1.807, 2.05) is 19.4 Å². The monoisotopic (exact) mass is 266 g/mol. The van der Waals surface area contributed by atoms with Gasteiger partial charge in [0.1, 0.15) is 6.20 Å². The minimum atomic E-state index is -0.513. The van der Waals surface area contributed by atoms with Gasteiger partial charge in [0.25, 0.3) is 0 Å². The molecular formula is C13H20N3OS+. The third-order valence-electron chi connectivity index (χ3n) is 3.77. The Hall–Kier alpha value is -1.23. The highest BCUT2D eigenvalue weighted by Crippen LogP contribution is 2.35. The van der Waals surface area contributed by atoms with Crippen molar-refractivity contribution in [3.05, 3.63) is 22.7 Å². The summed E-state index contributed by atoms with van der Waals surface area (Å²) in [6.07, 6.45) is 8.76. The number of rotatable bonds is 1. The van der Waals surface area contributed by atoms with Gasteiger partial charge in [-0.25, -0.2) is 9.36 Å². The van der Waals surface area contributed by atoms with Crippen molar-refractivity contribution in [3.63, 3.8) is 0 Å². The van der Waals surface area contributed by atoms with Crippen LogP contribution in [0.3, 0.4) is 0 Å². The van der Waals surface area contributed by atoms with E-state index in [1.165, 1.54) is 30.3 Å². The molecule has 1 aliphatic rings. The Kier molecular flexibility index (Phi) is 3.80. The molecule has 0 aromatic carbocycles. The van der Waals surface area contributed by atoms with Gasteiger partial charge >= 0.3 is 10.8 Å². The lowest BCUT2D eigenvalue weighted by molar-refractivity contribution is -0.682. The van der Waals surface area contributed by atoms with E-state index in [0.29, 0.717) is 10.7 Å². The summed E-state index contributed by atoms with van der Waals surface area (Å²) < 4.78 is 3.61. The van der Waals surface area contributed by atoms with E-state index in [0.717, 1.165) is 11.5 Å². The van der Waals surface area contributed by atoms with Crippen molar-refractivity contribution in [3.8, 4) is 0 Å². The molecule has 1 aromatic heterocycles. The topological polar surface area (TPSA) is 51.9 Å². The Balaban J connectivity index is 2.39. The van der Waals surface area contributed by atoms with Gasteiger partial charge < -0.3 is 5.73 Å². The van der Waals surface area contributed by atoms with Crippen molar-refractivity contribution in [2.75, 3.05) is 0 Å². The van der Waals surface area contributed by atoms with Gasteiger partial charge in [-0.1, -0.05) is 19.8 Å². The number of nitrogens with two attached hydrogens (primary N) is 1. The number of carbonyl (C=O) groups excluding carboxylic acids is 1. The fourth-order valence-electron chi connectivity index (χ4n) is 2.79. The molecule has 0 spiro atoms. The summed E-state index contributed by atoms with van der Waals surface area (Å²) in [5.74, 6) is 1.26. The summed E-state index contributed by atoms with van der Waals surface area (Å²) >= 11 is 5.18. The average Bonchev–Trinajstić information content (AvgIpc) is 2.32. The van der Waals surface area contributed by atoms with Gasteiger partial charge in [-0.05, 0) is 24.7 Å². The summed E-state index contributed by atoms with van der Waals surface area (Å²) in [5, 5.41) is 0. The van der Waals surface area contributed by atoms with Crippen molar-refractivity contribution in [1.29, 1.82) is 0 Å². The molecule has 1 aromatic rings. The minimum Gasteiger partial charge on any atom is -0.331 e. The maximum Gasteiger partial charge on any atom is 0.411 e. The van der Waals surface area contributed by atoms with Crippen molar-refractivity contribution in [2.24, 2.45) is 18.7 Å². The molecule has 0 aliphatic heterocycles. The highest BCUT2D eigenvalue weighted by Gasteiger charge is 2.24. The maximum atomic E-state index is 11.4. The normalized spacial score (nSPS) is 23.9. The van der Waals surface area contributed by atoms with Crippen LogP contribution in [0.15, 0.2) is 12.4 Å². The van der Waals surface area contributed by atoms with Crippen LogP contribution in [0, 0.1) is 10.7 Å². The molecule has 2 rings (SSSR count). The standard InChI is InChI=1S/C13H19N3OS/c1-9-4-3-5-10(6-9)11-7-15(2)13(18)16(8-11)12(14)17/h7-10H,3-6H2,1-2H3,(H-,14,17)/p+1. The minimum absolute atomic E-state index is 0.440. The maximum absolute atomic E-state index is 11.4. The van der Waals surface area contributed by atoms with Gasteiger partial charge in [0.05, 0.1) is 13.2 Å². The molecular weight excluding hydrogens is 246 g/mol. The molecule has 2 atom stereocenters. The highest BCUT2D eigenvalue weighted by atomic mass is 32.1. The first-order valence-corrected chi connectivity index (χ1v) is 6.82. The summed E-state index contributed by atoms with van der Waals surface area (Å²) in [5.41, 5.74) is 6.52. The summed E-state index contributed by atoms with van der Waals surface area (Å²) in [6, 6.07) is -0.513. The van der Waals surface area contributed by atoms with Crippen molar-refractivity contribution in [2.45, 2.75) is 38.5 Å². The van der Waals surface area contributed by atoms with E-state index in [1.54, 1.807) is 4.57 Å². The largest absolute Gasteiger partial charge is 0.411 e. The Morgan fingerprint density at radius 3 is 2.89 bits per heavy atom. The van der Waals surface area contributed by atoms with Crippen LogP contribution in [0.1, 0.15) is 44.1 Å². The second-order valence-electron chi connectivity index (χ2n) is 5.33. The Morgan fingerprint density at radius 1 is 1.56 bits per heavy atom. The molecule has 0 saturated heterocycles. The smallest absolute Gasteiger partial charge is 0.331 e. The van der Waals surface area contributed by atoms with Crippen molar-refractivity contribution in [1.82, 2.24) is 4.57 Å². The molecule has 1 aliphatic carbocycles. The van der Waals surface area contributed by atoms with Crippen molar-refractivity contribution >= 4 is 18.2 Å². The van der Waals surface area contributed by atoms with Crippen LogP contribution in [0.2, 0.25) is 0 Å². The predicted molar refractivity (Wildman–Crippen MR) is 71.8 cm³/mol. The molecule has 98 valence electrons. The average molecular weight is 266 g/mol. The van der Waals surface area contributed by atoms with E-state index in [-0.39, 0.29) is 0 Å². The van der Waals surface area contributed by atoms with Crippen LogP contribution in [-0.4, -0.2) is 10.6 Å². The lowest BCUT2D eigenvalue weighted by atomic mass is 9.79. The first-order chi connectivity index (χ1) is 8.49. The van der Waals surface area contributed by atoms with Crippen molar-refractivity contribution < 1.29 is 9.36 Å². The molecule has 2 N–H and O–H groups in total. The molecule has 1 amide bonds. The Morgan fingerprint density at radius 2 is 2.28 bits per heavy atom.